The minimum atomic E-state index is -4.59. The number of aliphatic carboxylic acids is 1. The zero-order valence-corrected chi connectivity index (χ0v) is 25.8. The van der Waals surface area contributed by atoms with E-state index in [1.54, 1.807) is 42.5 Å². The van der Waals surface area contributed by atoms with Crippen molar-refractivity contribution in [1.29, 1.82) is 0 Å². The van der Waals surface area contributed by atoms with Crippen molar-refractivity contribution in [3.05, 3.63) is 90.0 Å². The standard InChI is InChI=1S/C26H27O7P.2Na/c1-3-24(19-10-14-21(15-11-19)31-18-26(27)28)25(4-2)20-12-16-23(17-13-20)33-34(29,30)32-22-8-6-5-7-9-22;;/h5-17H,3-4,18H2,1-2H3,(H,27,28)(H,29,30);;/q;2*+1/p-2. The second-order valence-corrected chi connectivity index (χ2v) is 8.58. The first kappa shape index (κ1) is 32.5. The van der Waals surface area contributed by atoms with Gasteiger partial charge in [0, 0.05) is 0 Å². The minimum Gasteiger partial charge on any atom is -0.736 e. The normalized spacial score (nSPS) is 12.6. The molecule has 0 fully saturated rings. The van der Waals surface area contributed by atoms with Crippen LogP contribution in [0.25, 0.3) is 11.1 Å². The van der Waals surface area contributed by atoms with E-state index in [-0.39, 0.29) is 70.6 Å². The maximum atomic E-state index is 12.2. The Labute approximate surface area is 255 Å². The van der Waals surface area contributed by atoms with Crippen molar-refractivity contribution in [2.45, 2.75) is 26.7 Å². The quantitative estimate of drug-likeness (QED) is 0.170. The molecule has 36 heavy (non-hydrogen) atoms. The van der Waals surface area contributed by atoms with E-state index in [0.717, 1.165) is 35.1 Å². The topological polar surface area (TPSA) is 108 Å². The second kappa shape index (κ2) is 15.7. The molecular formula is C26H25Na2O7P. The summed E-state index contributed by atoms with van der Waals surface area (Å²) < 4.78 is 27.5. The zero-order chi connectivity index (χ0) is 24.6. The summed E-state index contributed by atoms with van der Waals surface area (Å²) in [4.78, 5) is 22.8. The Bertz CT molecular complexity index is 1180. The maximum absolute atomic E-state index is 12.2. The molecule has 7 nitrogen and oxygen atoms in total. The summed E-state index contributed by atoms with van der Waals surface area (Å²) in [7, 11) is -4.59. The summed E-state index contributed by atoms with van der Waals surface area (Å²) >= 11 is 0. The van der Waals surface area contributed by atoms with Gasteiger partial charge in [-0.1, -0.05) is 56.3 Å². The van der Waals surface area contributed by atoms with Gasteiger partial charge in [0.2, 0.25) is 0 Å². The van der Waals surface area contributed by atoms with Crippen LogP contribution >= 0.6 is 7.82 Å². The van der Waals surface area contributed by atoms with E-state index < -0.39 is 20.4 Å². The number of para-hydroxylation sites is 1. The third-order valence-corrected chi connectivity index (χ3v) is 5.88. The number of carboxylic acid groups (broad SMARTS) is 1. The summed E-state index contributed by atoms with van der Waals surface area (Å²) in [5, 5.41) is 10.6. The van der Waals surface area contributed by atoms with Crippen molar-refractivity contribution < 1.29 is 92.3 Å². The fraction of sp³-hybridized carbons (Fsp3) is 0.192. The number of ether oxygens (including phenoxy) is 1. The number of rotatable bonds is 11. The molecule has 10 heteroatoms. The van der Waals surface area contributed by atoms with Crippen LogP contribution in [0, 0.1) is 0 Å². The number of allylic oxidation sites excluding steroid dienone is 2. The van der Waals surface area contributed by atoms with Crippen molar-refractivity contribution in [1.82, 2.24) is 0 Å². The first-order valence-electron chi connectivity index (χ1n) is 10.8. The molecule has 0 aliphatic rings. The van der Waals surface area contributed by atoms with Gasteiger partial charge in [0.05, 0.1) is 5.97 Å². The van der Waals surface area contributed by atoms with Crippen LogP contribution in [0.2, 0.25) is 0 Å². The van der Waals surface area contributed by atoms with E-state index in [9.17, 15) is 19.4 Å². The van der Waals surface area contributed by atoms with Crippen molar-refractivity contribution in [3.8, 4) is 17.2 Å². The molecule has 0 saturated heterocycles. The molecule has 0 aromatic heterocycles. The Morgan fingerprint density at radius 3 is 1.56 bits per heavy atom. The molecule has 0 bridgehead atoms. The van der Waals surface area contributed by atoms with E-state index in [4.69, 9.17) is 13.8 Å². The number of carboxylic acids is 1. The monoisotopic (exact) mass is 526 g/mol. The van der Waals surface area contributed by atoms with Crippen LogP contribution in [0.3, 0.4) is 0 Å². The van der Waals surface area contributed by atoms with Gasteiger partial charge in [0.25, 0.3) is 0 Å². The Morgan fingerprint density at radius 1 is 0.722 bits per heavy atom. The van der Waals surface area contributed by atoms with E-state index in [1.807, 2.05) is 31.2 Å². The maximum Gasteiger partial charge on any atom is 1.00 e. The molecule has 3 rings (SSSR count). The molecule has 1 atom stereocenters. The van der Waals surface area contributed by atoms with Crippen molar-refractivity contribution >= 4 is 24.9 Å². The predicted molar refractivity (Wildman–Crippen MR) is 126 cm³/mol. The van der Waals surface area contributed by atoms with Crippen molar-refractivity contribution in [2.24, 2.45) is 0 Å². The summed E-state index contributed by atoms with van der Waals surface area (Å²) in [5.41, 5.74) is 4.14. The Balaban J connectivity index is 0.00000324. The molecule has 0 spiro atoms. The van der Waals surface area contributed by atoms with Gasteiger partial charge in [-0.3, -0.25) is 0 Å². The van der Waals surface area contributed by atoms with Crippen LogP contribution in [0.5, 0.6) is 17.2 Å². The van der Waals surface area contributed by atoms with Gasteiger partial charge >= 0.3 is 66.9 Å². The number of carbonyl (C=O) groups is 1. The van der Waals surface area contributed by atoms with Gasteiger partial charge in [-0.05, 0) is 71.5 Å². The summed E-state index contributed by atoms with van der Waals surface area (Å²) in [6.07, 6.45) is 1.52. The zero-order valence-electron chi connectivity index (χ0n) is 20.9. The Morgan fingerprint density at radius 2 is 1.14 bits per heavy atom. The molecule has 3 aromatic carbocycles. The van der Waals surface area contributed by atoms with Gasteiger partial charge in [0.1, 0.15) is 23.9 Å². The number of carbonyl (C=O) groups excluding carboxylic acids is 1. The van der Waals surface area contributed by atoms with Crippen molar-refractivity contribution in [3.63, 3.8) is 0 Å². The molecule has 1 unspecified atom stereocenters. The smallest absolute Gasteiger partial charge is 0.736 e. The minimum absolute atomic E-state index is 0. The number of benzene rings is 3. The van der Waals surface area contributed by atoms with Crippen LogP contribution in [0.4, 0.5) is 0 Å². The fourth-order valence-electron chi connectivity index (χ4n) is 3.55. The number of phosphoric ester groups is 1. The predicted octanol–water partition coefficient (Wildman–Crippen LogP) is -1.52. The molecule has 0 aliphatic heterocycles. The largest absolute Gasteiger partial charge is 1.00 e. The fourth-order valence-corrected chi connectivity index (χ4v) is 4.35. The average molecular weight is 526 g/mol. The Kier molecular flexibility index (Phi) is 14.1. The van der Waals surface area contributed by atoms with Gasteiger partial charge < -0.3 is 28.6 Å². The van der Waals surface area contributed by atoms with Gasteiger partial charge in [0.15, 0.2) is 0 Å². The van der Waals surface area contributed by atoms with Crippen LogP contribution in [-0.4, -0.2) is 12.6 Å². The summed E-state index contributed by atoms with van der Waals surface area (Å²) in [6, 6.07) is 22.2. The Hall–Kier alpha value is -1.54. The third-order valence-electron chi connectivity index (χ3n) is 5.01. The second-order valence-electron chi connectivity index (χ2n) is 7.32. The number of phosphoric acid groups is 1. The molecule has 178 valence electrons. The van der Waals surface area contributed by atoms with Gasteiger partial charge in [-0.25, -0.2) is 4.57 Å². The van der Waals surface area contributed by atoms with E-state index >= 15 is 0 Å². The average Bonchev–Trinajstić information content (AvgIpc) is 2.82. The van der Waals surface area contributed by atoms with Gasteiger partial charge in [-0.15, -0.1) is 0 Å². The SMILES string of the molecule is CCC(=C(CC)c1ccc(OP(=O)([O-])Oc2ccccc2)cc1)c1ccc(OCC(=O)[O-])cc1.[Na+].[Na+]. The molecule has 0 amide bonds. The van der Waals surface area contributed by atoms with Crippen LogP contribution < -0.4 is 82.9 Å². The molecule has 0 radical (unpaired) electrons. The van der Waals surface area contributed by atoms with Gasteiger partial charge in [-0.2, -0.15) is 0 Å². The molecule has 0 N–H and O–H groups in total. The van der Waals surface area contributed by atoms with E-state index in [2.05, 4.69) is 6.92 Å². The first-order chi connectivity index (χ1) is 16.3. The van der Waals surface area contributed by atoms with Crippen LogP contribution in [-0.2, 0) is 9.36 Å². The van der Waals surface area contributed by atoms with Crippen LogP contribution in [0.1, 0.15) is 37.8 Å². The van der Waals surface area contributed by atoms with Crippen molar-refractivity contribution in [2.75, 3.05) is 6.61 Å². The first-order valence-corrected chi connectivity index (χ1v) is 12.3. The van der Waals surface area contributed by atoms with E-state index in [0.29, 0.717) is 5.75 Å². The third kappa shape index (κ3) is 9.73. The number of hydrogen-bond acceptors (Lipinski definition) is 7. The molecule has 0 aliphatic carbocycles. The summed E-state index contributed by atoms with van der Waals surface area (Å²) in [5.74, 6) is -0.500. The van der Waals surface area contributed by atoms with E-state index in [1.165, 1.54) is 12.1 Å². The molecule has 3 aromatic rings. The number of hydrogen-bond donors (Lipinski definition) is 0. The molecule has 0 saturated carbocycles. The molecule has 0 heterocycles. The summed E-state index contributed by atoms with van der Waals surface area (Å²) in [6.45, 7) is 3.60. The van der Waals surface area contributed by atoms with Crippen LogP contribution in [0.15, 0.2) is 78.9 Å². The molecular weight excluding hydrogens is 501 g/mol.